The molecule has 1 aromatic heterocycles. The van der Waals surface area contributed by atoms with E-state index in [1.165, 1.54) is 12.1 Å². The molecule has 1 aromatic carbocycles. The molecule has 0 spiro atoms. The summed E-state index contributed by atoms with van der Waals surface area (Å²) in [5.74, 6) is -1.16. The maximum atomic E-state index is 13.4. The van der Waals surface area contributed by atoms with E-state index in [1.54, 1.807) is 56.0 Å². The number of hydroxylamine groups is 1. The topological polar surface area (TPSA) is 103 Å². The Balaban J connectivity index is 2.53. The van der Waals surface area contributed by atoms with Crippen molar-refractivity contribution in [3.8, 4) is 0 Å². The van der Waals surface area contributed by atoms with Gasteiger partial charge in [-0.05, 0) is 41.8 Å². The van der Waals surface area contributed by atoms with Crippen molar-refractivity contribution >= 4 is 21.6 Å². The number of sulfonamides is 1. The average molecular weight is 407 g/mol. The average Bonchev–Trinajstić information content (AvgIpc) is 2.67. The summed E-state index contributed by atoms with van der Waals surface area (Å²) in [6, 6.07) is 8.76. The molecule has 2 N–H and O–H groups in total. The fraction of sp³-hybridized carbons (Fsp3) is 0.368. The molecule has 28 heavy (non-hydrogen) atoms. The van der Waals surface area contributed by atoms with E-state index in [0.29, 0.717) is 5.56 Å². The lowest BCUT2D eigenvalue weighted by Crippen LogP contribution is -2.51. The van der Waals surface area contributed by atoms with Gasteiger partial charge < -0.3 is 4.90 Å². The van der Waals surface area contributed by atoms with Crippen molar-refractivity contribution in [2.75, 3.05) is 19.0 Å². The fourth-order valence-corrected chi connectivity index (χ4v) is 4.60. The highest BCUT2D eigenvalue weighted by atomic mass is 32.2. The normalized spacial score (nSPS) is 12.8. The summed E-state index contributed by atoms with van der Waals surface area (Å²) in [5, 5.41) is 9.16. The lowest BCUT2D eigenvalue weighted by molar-refractivity contribution is -0.134. The van der Waals surface area contributed by atoms with E-state index in [-0.39, 0.29) is 17.4 Å². The monoisotopic (exact) mass is 406 g/mol. The van der Waals surface area contributed by atoms with E-state index in [0.717, 1.165) is 9.99 Å². The molecule has 0 aliphatic heterocycles. The van der Waals surface area contributed by atoms with Crippen LogP contribution in [0, 0.1) is 5.92 Å². The first-order chi connectivity index (χ1) is 13.2. The first kappa shape index (κ1) is 21.8. The Hall–Kier alpha value is -2.49. The number of pyridine rings is 1. The second-order valence-corrected chi connectivity index (χ2v) is 8.86. The lowest BCUT2D eigenvalue weighted by atomic mass is 10.0. The van der Waals surface area contributed by atoms with Crippen LogP contribution < -0.4 is 10.4 Å². The van der Waals surface area contributed by atoms with E-state index in [9.17, 15) is 13.2 Å². The van der Waals surface area contributed by atoms with Crippen LogP contribution in [0.5, 0.6) is 0 Å². The van der Waals surface area contributed by atoms with Crippen LogP contribution in [-0.2, 0) is 21.4 Å². The number of anilines is 1. The van der Waals surface area contributed by atoms with E-state index < -0.39 is 22.0 Å². The molecule has 0 saturated heterocycles. The van der Waals surface area contributed by atoms with Crippen LogP contribution in [0.1, 0.15) is 19.4 Å². The van der Waals surface area contributed by atoms with Crippen molar-refractivity contribution in [1.29, 1.82) is 0 Å². The second-order valence-electron chi connectivity index (χ2n) is 6.96. The molecule has 1 amide bonds. The minimum atomic E-state index is -4.03. The molecular weight excluding hydrogens is 380 g/mol. The Bertz CT molecular complexity index is 884. The van der Waals surface area contributed by atoms with Gasteiger partial charge in [-0.25, -0.2) is 13.9 Å². The van der Waals surface area contributed by atoms with Crippen LogP contribution >= 0.6 is 0 Å². The van der Waals surface area contributed by atoms with Gasteiger partial charge in [0.25, 0.3) is 5.91 Å². The van der Waals surface area contributed by atoms with Gasteiger partial charge in [0.05, 0.1) is 4.90 Å². The quantitative estimate of drug-likeness (QED) is 0.512. The van der Waals surface area contributed by atoms with Gasteiger partial charge in [0.1, 0.15) is 6.04 Å². The zero-order chi connectivity index (χ0) is 20.9. The Morgan fingerprint density at radius 2 is 1.82 bits per heavy atom. The highest BCUT2D eigenvalue weighted by Gasteiger charge is 2.38. The Morgan fingerprint density at radius 1 is 1.18 bits per heavy atom. The van der Waals surface area contributed by atoms with Gasteiger partial charge in [-0.2, -0.15) is 4.31 Å². The minimum absolute atomic E-state index is 0.0537. The predicted octanol–water partition coefficient (Wildman–Crippen LogP) is 1.87. The predicted molar refractivity (Wildman–Crippen MR) is 106 cm³/mol. The molecule has 8 nitrogen and oxygen atoms in total. The first-order valence-corrected chi connectivity index (χ1v) is 10.2. The molecule has 152 valence electrons. The standard InChI is InChI=1S/C19H26N4O4S/c1-14(2)18(19(24)21-25)23(13-15-6-5-11-20-12-15)28(26,27)17-9-7-16(8-10-17)22(3)4/h5-12,14,18,25H,13H2,1-4H3,(H,21,24)/t18-/m1/s1. The Kier molecular flexibility index (Phi) is 7.11. The molecule has 0 bridgehead atoms. The van der Waals surface area contributed by atoms with Crippen LogP contribution in [0.2, 0.25) is 0 Å². The van der Waals surface area contributed by atoms with Gasteiger partial charge in [0.2, 0.25) is 10.0 Å². The zero-order valence-electron chi connectivity index (χ0n) is 16.4. The largest absolute Gasteiger partial charge is 0.378 e. The number of rotatable bonds is 8. The molecule has 1 heterocycles. The molecule has 2 rings (SSSR count). The van der Waals surface area contributed by atoms with Crippen molar-refractivity contribution in [2.24, 2.45) is 5.92 Å². The zero-order valence-corrected chi connectivity index (χ0v) is 17.2. The van der Waals surface area contributed by atoms with Crippen molar-refractivity contribution in [2.45, 2.75) is 31.3 Å². The summed E-state index contributed by atoms with van der Waals surface area (Å²) in [6.07, 6.45) is 3.13. The van der Waals surface area contributed by atoms with Gasteiger partial charge in [-0.3, -0.25) is 15.0 Å². The van der Waals surface area contributed by atoms with Crippen LogP contribution in [0.15, 0.2) is 53.7 Å². The first-order valence-electron chi connectivity index (χ1n) is 8.80. The smallest absolute Gasteiger partial charge is 0.262 e. The molecule has 2 aromatic rings. The number of carbonyl (C=O) groups is 1. The Labute approximate surface area is 165 Å². The molecule has 0 radical (unpaired) electrons. The fourth-order valence-electron chi connectivity index (χ4n) is 2.89. The van der Waals surface area contributed by atoms with Gasteiger partial charge in [-0.1, -0.05) is 19.9 Å². The van der Waals surface area contributed by atoms with Crippen molar-refractivity contribution < 1.29 is 18.4 Å². The minimum Gasteiger partial charge on any atom is -0.378 e. The summed E-state index contributed by atoms with van der Waals surface area (Å²) >= 11 is 0. The molecule has 9 heteroatoms. The van der Waals surface area contributed by atoms with E-state index in [1.807, 2.05) is 19.0 Å². The second kappa shape index (κ2) is 9.13. The number of aromatic nitrogens is 1. The lowest BCUT2D eigenvalue weighted by Gasteiger charge is -2.32. The number of hydrogen-bond acceptors (Lipinski definition) is 6. The molecule has 0 aliphatic carbocycles. The van der Waals surface area contributed by atoms with Gasteiger partial charge in [0.15, 0.2) is 0 Å². The van der Waals surface area contributed by atoms with E-state index in [2.05, 4.69) is 4.98 Å². The van der Waals surface area contributed by atoms with Crippen LogP contribution in [0.25, 0.3) is 0 Å². The number of hydrogen-bond donors (Lipinski definition) is 2. The Morgan fingerprint density at radius 3 is 2.29 bits per heavy atom. The molecule has 0 unspecified atom stereocenters. The molecule has 0 aliphatic rings. The van der Waals surface area contributed by atoms with Gasteiger partial charge >= 0.3 is 0 Å². The molecular formula is C19H26N4O4S. The third kappa shape index (κ3) is 4.86. The van der Waals surface area contributed by atoms with Gasteiger partial charge in [0, 0.05) is 38.7 Å². The summed E-state index contributed by atoms with van der Waals surface area (Å²) in [4.78, 5) is 18.3. The third-order valence-electron chi connectivity index (χ3n) is 4.34. The number of benzene rings is 1. The summed E-state index contributed by atoms with van der Waals surface area (Å²) in [7, 11) is -0.307. The maximum Gasteiger partial charge on any atom is 0.262 e. The molecule has 0 saturated carbocycles. The third-order valence-corrected chi connectivity index (χ3v) is 6.18. The molecule has 1 atom stereocenters. The van der Waals surface area contributed by atoms with Gasteiger partial charge in [-0.15, -0.1) is 0 Å². The van der Waals surface area contributed by atoms with Crippen molar-refractivity contribution in [3.05, 3.63) is 54.4 Å². The van der Waals surface area contributed by atoms with Crippen LogP contribution in [0.3, 0.4) is 0 Å². The van der Waals surface area contributed by atoms with Crippen molar-refractivity contribution in [3.63, 3.8) is 0 Å². The van der Waals surface area contributed by atoms with E-state index >= 15 is 0 Å². The maximum absolute atomic E-state index is 13.4. The molecule has 0 fully saturated rings. The highest BCUT2D eigenvalue weighted by Crippen LogP contribution is 2.26. The number of amides is 1. The van der Waals surface area contributed by atoms with Crippen LogP contribution in [-0.4, -0.2) is 49.0 Å². The summed E-state index contributed by atoms with van der Waals surface area (Å²) in [6.45, 7) is 3.39. The van der Waals surface area contributed by atoms with E-state index in [4.69, 9.17) is 5.21 Å². The number of carbonyl (C=O) groups excluding carboxylic acids is 1. The van der Waals surface area contributed by atoms with Crippen molar-refractivity contribution in [1.82, 2.24) is 14.8 Å². The SMILES string of the molecule is CC(C)[C@H](C(=O)NO)N(Cc1cccnc1)S(=O)(=O)c1ccc(N(C)C)cc1. The number of nitrogens with one attached hydrogen (secondary N) is 1. The van der Waals surface area contributed by atoms with Crippen LogP contribution in [0.4, 0.5) is 5.69 Å². The number of nitrogens with zero attached hydrogens (tertiary/aromatic N) is 3. The highest BCUT2D eigenvalue weighted by molar-refractivity contribution is 7.89. The summed E-state index contributed by atoms with van der Waals surface area (Å²) in [5.41, 5.74) is 3.08. The summed E-state index contributed by atoms with van der Waals surface area (Å²) < 4.78 is 27.9.